The zero-order valence-electron chi connectivity index (χ0n) is 9.27. The highest BCUT2D eigenvalue weighted by Crippen LogP contribution is 2.33. The van der Waals surface area contributed by atoms with Crippen molar-refractivity contribution in [2.45, 2.75) is 12.6 Å². The van der Waals surface area contributed by atoms with E-state index < -0.39 is 11.7 Å². The molecule has 0 aliphatic heterocycles. The van der Waals surface area contributed by atoms with Gasteiger partial charge < -0.3 is 5.32 Å². The molecule has 0 heterocycles. The highest BCUT2D eigenvalue weighted by molar-refractivity contribution is 9.10. The molecule has 0 radical (unpaired) electrons. The third-order valence-corrected chi connectivity index (χ3v) is 3.23. The van der Waals surface area contributed by atoms with Crippen LogP contribution in [0.15, 0.2) is 22.7 Å². The predicted molar refractivity (Wildman–Crippen MR) is 70.6 cm³/mol. The molecule has 96 valence electrons. The first-order valence-electron chi connectivity index (χ1n) is 5.04. The average molecular weight is 328 g/mol. The molecule has 1 N–H and O–H groups in total. The minimum absolute atomic E-state index is 0.430. The highest BCUT2D eigenvalue weighted by atomic mass is 79.9. The fourth-order valence-electron chi connectivity index (χ4n) is 1.30. The summed E-state index contributed by atoms with van der Waals surface area (Å²) in [7, 11) is 0. The van der Waals surface area contributed by atoms with E-state index >= 15 is 0 Å². The lowest BCUT2D eigenvalue weighted by atomic mass is 10.2. The molecule has 0 aliphatic rings. The Morgan fingerprint density at radius 1 is 1.29 bits per heavy atom. The van der Waals surface area contributed by atoms with Gasteiger partial charge in [-0.1, -0.05) is 15.9 Å². The number of nitrogens with one attached hydrogen (secondary N) is 1. The van der Waals surface area contributed by atoms with Gasteiger partial charge in [-0.25, -0.2) is 0 Å². The Morgan fingerprint density at radius 3 is 2.59 bits per heavy atom. The minimum atomic E-state index is -4.31. The van der Waals surface area contributed by atoms with Crippen molar-refractivity contribution < 1.29 is 13.2 Å². The van der Waals surface area contributed by atoms with Crippen molar-refractivity contribution >= 4 is 33.4 Å². The van der Waals surface area contributed by atoms with Crippen LogP contribution in [-0.2, 0) is 6.18 Å². The standard InChI is InChI=1S/C11H13BrF3NS/c1-17-4-2-3-16-10-6-8(11(13,14)15)5-9(12)7-10/h5-7,16H,2-4H2,1H3. The molecule has 1 aromatic rings. The topological polar surface area (TPSA) is 12.0 Å². The summed E-state index contributed by atoms with van der Waals surface area (Å²) in [5.41, 5.74) is -0.146. The Labute approximate surface area is 111 Å². The molecule has 0 fully saturated rings. The molecule has 0 aromatic heterocycles. The monoisotopic (exact) mass is 327 g/mol. The minimum Gasteiger partial charge on any atom is -0.385 e. The first kappa shape index (κ1) is 14.7. The van der Waals surface area contributed by atoms with Crippen LogP contribution in [0, 0.1) is 0 Å². The van der Waals surface area contributed by atoms with Crippen LogP contribution in [0.5, 0.6) is 0 Å². The van der Waals surface area contributed by atoms with E-state index in [-0.39, 0.29) is 0 Å². The van der Waals surface area contributed by atoms with Gasteiger partial charge >= 0.3 is 6.18 Å². The van der Waals surface area contributed by atoms with Crippen LogP contribution in [0.3, 0.4) is 0 Å². The van der Waals surface area contributed by atoms with Gasteiger partial charge in [-0.2, -0.15) is 24.9 Å². The van der Waals surface area contributed by atoms with Crippen molar-refractivity contribution in [2.24, 2.45) is 0 Å². The Kier molecular flexibility index (Phi) is 5.66. The Bertz CT molecular complexity index is 368. The summed E-state index contributed by atoms with van der Waals surface area (Å²) in [6.07, 6.45) is -1.38. The van der Waals surface area contributed by atoms with Crippen LogP contribution < -0.4 is 5.32 Å². The van der Waals surface area contributed by atoms with E-state index in [0.29, 0.717) is 16.7 Å². The maximum absolute atomic E-state index is 12.5. The van der Waals surface area contributed by atoms with Crippen LogP contribution in [0.1, 0.15) is 12.0 Å². The maximum atomic E-state index is 12.5. The Hall–Kier alpha value is -0.360. The van der Waals surface area contributed by atoms with E-state index in [4.69, 9.17) is 0 Å². The number of hydrogen-bond acceptors (Lipinski definition) is 2. The normalized spacial score (nSPS) is 11.6. The molecule has 0 saturated heterocycles. The summed E-state index contributed by atoms with van der Waals surface area (Å²) in [4.78, 5) is 0. The van der Waals surface area contributed by atoms with Gasteiger partial charge in [-0.3, -0.25) is 0 Å². The van der Waals surface area contributed by atoms with Crippen molar-refractivity contribution in [3.05, 3.63) is 28.2 Å². The number of benzene rings is 1. The first-order valence-corrected chi connectivity index (χ1v) is 7.23. The third-order valence-electron chi connectivity index (χ3n) is 2.08. The summed E-state index contributed by atoms with van der Waals surface area (Å²) in [5.74, 6) is 0.993. The molecular formula is C11H13BrF3NS. The second kappa shape index (κ2) is 6.54. The third kappa shape index (κ3) is 5.21. The average Bonchev–Trinajstić information content (AvgIpc) is 2.22. The molecule has 1 nitrogen and oxygen atoms in total. The number of hydrogen-bond donors (Lipinski definition) is 1. The maximum Gasteiger partial charge on any atom is 0.416 e. The van der Waals surface area contributed by atoms with Gasteiger partial charge in [0, 0.05) is 16.7 Å². The van der Waals surface area contributed by atoms with Crippen LogP contribution >= 0.6 is 27.7 Å². The van der Waals surface area contributed by atoms with Crippen molar-refractivity contribution in [3.63, 3.8) is 0 Å². The second-order valence-electron chi connectivity index (χ2n) is 3.50. The molecule has 17 heavy (non-hydrogen) atoms. The van der Waals surface area contributed by atoms with E-state index in [2.05, 4.69) is 21.2 Å². The van der Waals surface area contributed by atoms with Gasteiger partial charge in [0.1, 0.15) is 0 Å². The van der Waals surface area contributed by atoms with Gasteiger partial charge in [0.05, 0.1) is 5.56 Å². The van der Waals surface area contributed by atoms with E-state index in [0.717, 1.165) is 24.3 Å². The Morgan fingerprint density at radius 2 is 2.00 bits per heavy atom. The molecule has 1 rings (SSSR count). The molecule has 6 heteroatoms. The quantitative estimate of drug-likeness (QED) is 0.791. The van der Waals surface area contributed by atoms with Gasteiger partial charge in [-0.05, 0) is 36.6 Å². The Balaban J connectivity index is 2.69. The highest BCUT2D eigenvalue weighted by Gasteiger charge is 2.31. The molecular weight excluding hydrogens is 315 g/mol. The van der Waals surface area contributed by atoms with Crippen molar-refractivity contribution in [1.29, 1.82) is 0 Å². The molecule has 1 aromatic carbocycles. The number of rotatable bonds is 5. The van der Waals surface area contributed by atoms with E-state index in [1.807, 2.05) is 6.26 Å². The fourth-order valence-corrected chi connectivity index (χ4v) is 2.23. The fraction of sp³-hybridized carbons (Fsp3) is 0.455. The van der Waals surface area contributed by atoms with Gasteiger partial charge in [0.25, 0.3) is 0 Å². The first-order chi connectivity index (χ1) is 7.93. The number of alkyl halides is 3. The second-order valence-corrected chi connectivity index (χ2v) is 5.40. The van der Waals surface area contributed by atoms with E-state index in [1.54, 1.807) is 17.8 Å². The van der Waals surface area contributed by atoms with Crippen molar-refractivity contribution in [2.75, 3.05) is 23.9 Å². The molecule has 0 saturated carbocycles. The molecule has 0 atom stereocenters. The lowest BCUT2D eigenvalue weighted by Gasteiger charge is -2.11. The lowest BCUT2D eigenvalue weighted by molar-refractivity contribution is -0.137. The van der Waals surface area contributed by atoms with Crippen LogP contribution in [0.4, 0.5) is 18.9 Å². The SMILES string of the molecule is CSCCCNc1cc(Br)cc(C(F)(F)F)c1. The number of halogens is 4. The smallest absolute Gasteiger partial charge is 0.385 e. The van der Waals surface area contributed by atoms with Gasteiger partial charge in [-0.15, -0.1) is 0 Å². The molecule has 0 amide bonds. The molecule has 0 aliphatic carbocycles. The van der Waals surface area contributed by atoms with E-state index in [1.165, 1.54) is 0 Å². The number of anilines is 1. The number of thioether (sulfide) groups is 1. The molecule has 0 unspecified atom stereocenters. The summed E-state index contributed by atoms with van der Waals surface area (Å²) in [6.45, 7) is 0.675. The van der Waals surface area contributed by atoms with Crippen molar-refractivity contribution in [1.82, 2.24) is 0 Å². The summed E-state index contributed by atoms with van der Waals surface area (Å²) < 4.78 is 38.0. The van der Waals surface area contributed by atoms with Crippen LogP contribution in [0.25, 0.3) is 0 Å². The summed E-state index contributed by atoms with van der Waals surface area (Å²) in [5, 5.41) is 2.99. The van der Waals surface area contributed by atoms with Gasteiger partial charge in [0.15, 0.2) is 0 Å². The summed E-state index contributed by atoms with van der Waals surface area (Å²) in [6, 6.07) is 3.85. The molecule has 0 bridgehead atoms. The lowest BCUT2D eigenvalue weighted by Crippen LogP contribution is -2.07. The largest absolute Gasteiger partial charge is 0.416 e. The van der Waals surface area contributed by atoms with Crippen LogP contribution in [0.2, 0.25) is 0 Å². The zero-order chi connectivity index (χ0) is 12.9. The van der Waals surface area contributed by atoms with Crippen molar-refractivity contribution in [3.8, 4) is 0 Å². The summed E-state index contributed by atoms with van der Waals surface area (Å²) >= 11 is 4.80. The van der Waals surface area contributed by atoms with Gasteiger partial charge in [0.2, 0.25) is 0 Å². The zero-order valence-corrected chi connectivity index (χ0v) is 11.7. The van der Waals surface area contributed by atoms with E-state index in [9.17, 15) is 13.2 Å². The molecule has 0 spiro atoms. The van der Waals surface area contributed by atoms with Crippen LogP contribution in [-0.4, -0.2) is 18.6 Å². The predicted octanol–water partition coefficient (Wildman–Crippen LogP) is 4.63.